The Kier molecular flexibility index (Phi) is 4.59. The van der Waals surface area contributed by atoms with Gasteiger partial charge in [0.1, 0.15) is 5.82 Å². The molecule has 1 amide bonds. The highest BCUT2D eigenvalue weighted by molar-refractivity contribution is 8.15. The van der Waals surface area contributed by atoms with Crippen molar-refractivity contribution >= 4 is 44.4 Å². The summed E-state index contributed by atoms with van der Waals surface area (Å²) in [7, 11) is -3.41. The first-order valence-corrected chi connectivity index (χ1v) is 11.7. The molecule has 152 valence electrons. The number of anilines is 2. The number of fused-ring (bicyclic) bond motifs is 3. The maximum atomic E-state index is 12.8. The van der Waals surface area contributed by atoms with Crippen molar-refractivity contribution in [3.63, 3.8) is 0 Å². The molecule has 0 radical (unpaired) electrons. The van der Waals surface area contributed by atoms with Gasteiger partial charge in [-0.15, -0.1) is 4.40 Å². The van der Waals surface area contributed by atoms with E-state index in [9.17, 15) is 13.2 Å². The highest BCUT2D eigenvalue weighted by atomic mass is 32.2. The Bertz CT molecular complexity index is 1270. The van der Waals surface area contributed by atoms with E-state index in [2.05, 4.69) is 14.8 Å². The van der Waals surface area contributed by atoms with Crippen molar-refractivity contribution in [1.29, 1.82) is 0 Å². The number of sulfonamides is 1. The molecule has 2 aliphatic heterocycles. The minimum Gasteiger partial charge on any atom is -0.318 e. The van der Waals surface area contributed by atoms with Crippen LogP contribution >= 0.6 is 11.8 Å². The number of rotatable bonds is 4. The summed E-state index contributed by atoms with van der Waals surface area (Å²) in [6.07, 6.45) is 1.65. The van der Waals surface area contributed by atoms with Gasteiger partial charge in [0, 0.05) is 23.1 Å². The van der Waals surface area contributed by atoms with E-state index in [1.807, 2.05) is 41.3 Å². The first-order chi connectivity index (χ1) is 14.5. The molecule has 0 bridgehead atoms. The molecule has 2 aromatic carbocycles. The fraction of sp³-hybridized carbons (Fsp3) is 0.150. The van der Waals surface area contributed by atoms with E-state index in [0.29, 0.717) is 29.6 Å². The fourth-order valence-corrected chi connectivity index (χ4v) is 5.68. The van der Waals surface area contributed by atoms with Gasteiger partial charge in [-0.25, -0.2) is 13.1 Å². The van der Waals surface area contributed by atoms with Gasteiger partial charge in [0.15, 0.2) is 5.17 Å². The van der Waals surface area contributed by atoms with Gasteiger partial charge in [-0.2, -0.15) is 5.10 Å². The number of aromatic nitrogens is 2. The number of hydrogen-bond acceptors (Lipinski definition) is 6. The standard InChI is InChI=1S/C20H17N5O3S2/c26-19(22-18-8-9-21-25(18)13-14-4-2-1-3-5-14)15-6-7-16-17(12-15)29-20-23-30(27,28)11-10-24(16)20/h1-9,12H,10-11,13H2,(H,22,26). The van der Waals surface area contributed by atoms with E-state index in [-0.39, 0.29) is 11.7 Å². The Morgan fingerprint density at radius 1 is 1.13 bits per heavy atom. The second kappa shape index (κ2) is 7.29. The molecule has 0 saturated carbocycles. The van der Waals surface area contributed by atoms with Crippen LogP contribution < -0.4 is 10.2 Å². The fourth-order valence-electron chi connectivity index (χ4n) is 3.38. The van der Waals surface area contributed by atoms with Crippen LogP contribution in [0, 0.1) is 0 Å². The Morgan fingerprint density at radius 3 is 2.80 bits per heavy atom. The maximum absolute atomic E-state index is 12.8. The average molecular weight is 440 g/mol. The van der Waals surface area contributed by atoms with Crippen LogP contribution in [-0.2, 0) is 16.6 Å². The van der Waals surface area contributed by atoms with Crippen LogP contribution in [0.3, 0.4) is 0 Å². The maximum Gasteiger partial charge on any atom is 0.257 e. The number of hydrogen-bond donors (Lipinski definition) is 1. The summed E-state index contributed by atoms with van der Waals surface area (Å²) in [5.41, 5.74) is 2.44. The van der Waals surface area contributed by atoms with E-state index in [1.54, 1.807) is 29.1 Å². The monoisotopic (exact) mass is 439 g/mol. The molecule has 8 nitrogen and oxygen atoms in total. The van der Waals surface area contributed by atoms with Gasteiger partial charge in [-0.05, 0) is 35.5 Å². The second-order valence-corrected chi connectivity index (χ2v) is 9.67. The number of nitrogens with zero attached hydrogens (tertiary/aromatic N) is 4. The van der Waals surface area contributed by atoms with Crippen molar-refractivity contribution in [2.24, 2.45) is 4.40 Å². The zero-order chi connectivity index (χ0) is 20.7. The van der Waals surface area contributed by atoms with Crippen LogP contribution in [0.15, 0.2) is 70.1 Å². The third-order valence-corrected chi connectivity index (χ3v) is 7.17. The summed E-state index contributed by atoms with van der Waals surface area (Å²) in [5, 5.41) is 7.64. The largest absolute Gasteiger partial charge is 0.318 e. The number of thioether (sulfide) groups is 1. The van der Waals surface area contributed by atoms with Gasteiger partial charge in [-0.1, -0.05) is 30.3 Å². The minimum atomic E-state index is -3.41. The Hall–Kier alpha value is -3.11. The molecule has 0 fully saturated rings. The summed E-state index contributed by atoms with van der Waals surface area (Å²) in [5.74, 6) is 0.335. The predicted octanol–water partition coefficient (Wildman–Crippen LogP) is 2.80. The molecule has 5 rings (SSSR count). The third-order valence-electron chi connectivity index (χ3n) is 4.87. The van der Waals surface area contributed by atoms with Crippen LogP contribution in [-0.4, -0.2) is 41.6 Å². The number of amidine groups is 1. The lowest BCUT2D eigenvalue weighted by atomic mass is 10.2. The van der Waals surface area contributed by atoms with Gasteiger partial charge >= 0.3 is 0 Å². The molecule has 3 aromatic rings. The zero-order valence-corrected chi connectivity index (χ0v) is 17.4. The SMILES string of the molecule is O=C(Nc1ccnn1Cc1ccccc1)c1ccc2c(c1)SC1=NS(=O)(=O)CCN12. The summed E-state index contributed by atoms with van der Waals surface area (Å²) in [6, 6.07) is 17.0. The minimum absolute atomic E-state index is 0.00978. The van der Waals surface area contributed by atoms with E-state index >= 15 is 0 Å². The van der Waals surface area contributed by atoms with Crippen LogP contribution in [0.5, 0.6) is 0 Å². The van der Waals surface area contributed by atoms with E-state index in [0.717, 1.165) is 16.1 Å². The molecule has 0 spiro atoms. The highest BCUT2D eigenvalue weighted by Gasteiger charge is 2.33. The molecule has 30 heavy (non-hydrogen) atoms. The van der Waals surface area contributed by atoms with Crippen molar-refractivity contribution in [3.05, 3.63) is 71.9 Å². The lowest BCUT2D eigenvalue weighted by Gasteiger charge is -2.22. The Labute approximate surface area is 177 Å². The number of nitrogens with one attached hydrogen (secondary N) is 1. The molecule has 0 saturated heterocycles. The number of carbonyl (C=O) groups excluding carboxylic acids is 1. The molecule has 1 aromatic heterocycles. The van der Waals surface area contributed by atoms with Gasteiger partial charge in [-0.3, -0.25) is 4.79 Å². The van der Waals surface area contributed by atoms with Crippen molar-refractivity contribution in [2.75, 3.05) is 22.5 Å². The van der Waals surface area contributed by atoms with E-state index < -0.39 is 10.0 Å². The quantitative estimate of drug-likeness (QED) is 0.672. The average Bonchev–Trinajstić information content (AvgIpc) is 3.30. The lowest BCUT2D eigenvalue weighted by molar-refractivity contribution is 0.102. The Balaban J connectivity index is 1.35. The van der Waals surface area contributed by atoms with E-state index in [1.165, 1.54) is 11.8 Å². The predicted molar refractivity (Wildman–Crippen MR) is 117 cm³/mol. The molecule has 0 atom stereocenters. The summed E-state index contributed by atoms with van der Waals surface area (Å²) in [4.78, 5) is 15.5. The van der Waals surface area contributed by atoms with E-state index in [4.69, 9.17) is 0 Å². The zero-order valence-electron chi connectivity index (χ0n) is 15.7. The van der Waals surface area contributed by atoms with Gasteiger partial charge < -0.3 is 10.2 Å². The summed E-state index contributed by atoms with van der Waals surface area (Å²) < 4.78 is 29.1. The van der Waals surface area contributed by atoms with Gasteiger partial charge in [0.05, 0.1) is 24.2 Å². The summed E-state index contributed by atoms with van der Waals surface area (Å²) in [6.45, 7) is 0.915. The number of benzene rings is 2. The molecule has 1 N–H and O–H groups in total. The topological polar surface area (TPSA) is 96.7 Å². The van der Waals surface area contributed by atoms with Crippen molar-refractivity contribution in [1.82, 2.24) is 9.78 Å². The second-order valence-electron chi connectivity index (χ2n) is 6.91. The van der Waals surface area contributed by atoms with Crippen LogP contribution in [0.2, 0.25) is 0 Å². The lowest BCUT2D eigenvalue weighted by Crippen LogP contribution is -2.35. The third kappa shape index (κ3) is 3.59. The normalized spacial score (nSPS) is 16.5. The molecule has 0 aliphatic carbocycles. The first kappa shape index (κ1) is 18.9. The van der Waals surface area contributed by atoms with Crippen LogP contribution in [0.4, 0.5) is 11.5 Å². The van der Waals surface area contributed by atoms with Gasteiger partial charge in [0.2, 0.25) is 0 Å². The van der Waals surface area contributed by atoms with Gasteiger partial charge in [0.25, 0.3) is 15.9 Å². The van der Waals surface area contributed by atoms with Crippen LogP contribution in [0.25, 0.3) is 0 Å². The molecular formula is C20H17N5O3S2. The number of amides is 1. The molecule has 0 unspecified atom stereocenters. The smallest absolute Gasteiger partial charge is 0.257 e. The molecule has 10 heteroatoms. The molecular weight excluding hydrogens is 422 g/mol. The first-order valence-electron chi connectivity index (χ1n) is 9.28. The summed E-state index contributed by atoms with van der Waals surface area (Å²) >= 11 is 1.27. The van der Waals surface area contributed by atoms with Crippen molar-refractivity contribution in [3.8, 4) is 0 Å². The Morgan fingerprint density at radius 2 is 1.97 bits per heavy atom. The highest BCUT2D eigenvalue weighted by Crippen LogP contribution is 2.42. The molecule has 3 heterocycles. The van der Waals surface area contributed by atoms with Crippen molar-refractivity contribution in [2.45, 2.75) is 11.4 Å². The molecule has 2 aliphatic rings. The van der Waals surface area contributed by atoms with Crippen LogP contribution in [0.1, 0.15) is 15.9 Å². The van der Waals surface area contributed by atoms with Crippen molar-refractivity contribution < 1.29 is 13.2 Å². The number of carbonyl (C=O) groups is 1.